The van der Waals surface area contributed by atoms with Gasteiger partial charge < -0.3 is 10.1 Å². The van der Waals surface area contributed by atoms with Crippen LogP contribution in [0, 0.1) is 5.92 Å². The molecule has 0 aliphatic heterocycles. The molecule has 1 fully saturated rings. The van der Waals surface area contributed by atoms with E-state index in [1.165, 1.54) is 25.0 Å². The fourth-order valence-corrected chi connectivity index (χ4v) is 2.25. The lowest BCUT2D eigenvalue weighted by molar-refractivity contribution is 0.179. The van der Waals surface area contributed by atoms with Gasteiger partial charge in [0.05, 0.1) is 6.61 Å². The summed E-state index contributed by atoms with van der Waals surface area (Å²) >= 11 is 5.17. The Kier molecular flexibility index (Phi) is 6.44. The Balaban J connectivity index is 2.33. The minimum absolute atomic E-state index is 0.198. The standard InChI is InChI=1S/C12H23N3OS/c1-9-6-4-5-7-11(9)14-15-12(17)13-10(2)8-16-3/h9-10H,4-8H2,1-3H3,(H2,13,15,17)/b14-11-/t9-,10+/m0/s1. The normalized spacial score (nSPS) is 24.4. The minimum Gasteiger partial charge on any atom is -0.383 e. The SMILES string of the molecule is COC[C@@H](C)NC(=S)N/N=C1/CCCC[C@@H]1C. The van der Waals surface area contributed by atoms with Gasteiger partial charge in [0.2, 0.25) is 0 Å². The zero-order valence-corrected chi connectivity index (χ0v) is 11.8. The summed E-state index contributed by atoms with van der Waals surface area (Å²) in [6, 6.07) is 0.198. The van der Waals surface area contributed by atoms with Gasteiger partial charge in [-0.25, -0.2) is 0 Å². The van der Waals surface area contributed by atoms with Gasteiger partial charge >= 0.3 is 0 Å². The van der Waals surface area contributed by atoms with Crippen LogP contribution in [0.1, 0.15) is 39.5 Å². The third kappa shape index (κ3) is 5.46. The second kappa shape index (κ2) is 7.61. The predicted octanol–water partition coefficient (Wildman–Crippen LogP) is 2.05. The molecular weight excluding hydrogens is 234 g/mol. The highest BCUT2D eigenvalue weighted by atomic mass is 32.1. The van der Waals surface area contributed by atoms with Crippen LogP contribution < -0.4 is 10.7 Å². The zero-order valence-electron chi connectivity index (χ0n) is 11.0. The molecule has 2 atom stereocenters. The summed E-state index contributed by atoms with van der Waals surface area (Å²) in [4.78, 5) is 0. The summed E-state index contributed by atoms with van der Waals surface area (Å²) in [5.74, 6) is 0.579. The van der Waals surface area contributed by atoms with Crippen LogP contribution in [-0.2, 0) is 4.74 Å². The van der Waals surface area contributed by atoms with Crippen molar-refractivity contribution < 1.29 is 4.74 Å². The first-order chi connectivity index (χ1) is 8.13. The summed E-state index contributed by atoms with van der Waals surface area (Å²) in [7, 11) is 1.68. The fourth-order valence-electron chi connectivity index (χ4n) is 2.01. The van der Waals surface area contributed by atoms with Crippen molar-refractivity contribution in [3.05, 3.63) is 0 Å². The van der Waals surface area contributed by atoms with Gasteiger partial charge in [0, 0.05) is 18.9 Å². The highest BCUT2D eigenvalue weighted by molar-refractivity contribution is 7.80. The van der Waals surface area contributed by atoms with Crippen LogP contribution in [0.5, 0.6) is 0 Å². The Hall–Kier alpha value is -0.680. The molecule has 0 aromatic carbocycles. The van der Waals surface area contributed by atoms with Crippen LogP contribution in [-0.4, -0.2) is 30.6 Å². The maximum atomic E-state index is 5.17. The molecule has 0 bridgehead atoms. The third-order valence-electron chi connectivity index (χ3n) is 2.98. The molecule has 2 N–H and O–H groups in total. The summed E-state index contributed by atoms with van der Waals surface area (Å²) in [5.41, 5.74) is 4.16. The van der Waals surface area contributed by atoms with Gasteiger partial charge in [0.25, 0.3) is 0 Å². The summed E-state index contributed by atoms with van der Waals surface area (Å²) in [6.07, 6.45) is 4.88. The Labute approximate surface area is 109 Å². The van der Waals surface area contributed by atoms with E-state index in [9.17, 15) is 0 Å². The van der Waals surface area contributed by atoms with E-state index in [1.54, 1.807) is 7.11 Å². The van der Waals surface area contributed by atoms with E-state index < -0.39 is 0 Å². The smallest absolute Gasteiger partial charge is 0.187 e. The average Bonchev–Trinajstić information content (AvgIpc) is 2.28. The van der Waals surface area contributed by atoms with Crippen LogP contribution >= 0.6 is 12.2 Å². The summed E-state index contributed by atoms with van der Waals surface area (Å²) in [5, 5.41) is 8.09. The van der Waals surface area contributed by atoms with Crippen molar-refractivity contribution in [1.29, 1.82) is 0 Å². The highest BCUT2D eigenvalue weighted by Crippen LogP contribution is 2.20. The monoisotopic (exact) mass is 257 g/mol. The first-order valence-electron chi connectivity index (χ1n) is 6.25. The maximum absolute atomic E-state index is 5.17. The van der Waals surface area contributed by atoms with Gasteiger partial charge in [-0.1, -0.05) is 13.3 Å². The zero-order chi connectivity index (χ0) is 12.7. The Morgan fingerprint density at radius 3 is 3.00 bits per heavy atom. The van der Waals surface area contributed by atoms with Crippen LogP contribution in [0.2, 0.25) is 0 Å². The van der Waals surface area contributed by atoms with Crippen LogP contribution in [0.25, 0.3) is 0 Å². The number of rotatable bonds is 4. The lowest BCUT2D eigenvalue weighted by Crippen LogP contribution is -2.41. The van der Waals surface area contributed by atoms with Crippen molar-refractivity contribution in [3.8, 4) is 0 Å². The first kappa shape index (κ1) is 14.4. The van der Waals surface area contributed by atoms with E-state index in [0.29, 0.717) is 17.6 Å². The maximum Gasteiger partial charge on any atom is 0.187 e. The van der Waals surface area contributed by atoms with Crippen LogP contribution in [0.4, 0.5) is 0 Å². The van der Waals surface area contributed by atoms with Crippen molar-refractivity contribution in [1.82, 2.24) is 10.7 Å². The van der Waals surface area contributed by atoms with E-state index in [-0.39, 0.29) is 6.04 Å². The van der Waals surface area contributed by atoms with E-state index in [1.807, 2.05) is 6.92 Å². The van der Waals surface area contributed by atoms with Gasteiger partial charge in [-0.05, 0) is 44.3 Å². The van der Waals surface area contributed by atoms with E-state index >= 15 is 0 Å². The van der Waals surface area contributed by atoms with Gasteiger partial charge in [0.1, 0.15) is 0 Å². The lowest BCUT2D eigenvalue weighted by Gasteiger charge is -2.20. The van der Waals surface area contributed by atoms with E-state index in [2.05, 4.69) is 22.8 Å². The Morgan fingerprint density at radius 1 is 1.59 bits per heavy atom. The second-order valence-corrected chi connectivity index (χ2v) is 5.10. The summed E-state index contributed by atoms with van der Waals surface area (Å²) in [6.45, 7) is 4.88. The molecule has 0 aromatic heterocycles. The van der Waals surface area contributed by atoms with Gasteiger partial charge in [0.15, 0.2) is 5.11 Å². The van der Waals surface area contributed by atoms with E-state index in [0.717, 1.165) is 6.42 Å². The Morgan fingerprint density at radius 2 is 2.35 bits per heavy atom. The van der Waals surface area contributed by atoms with Crippen molar-refractivity contribution in [2.24, 2.45) is 11.0 Å². The molecule has 0 amide bonds. The number of nitrogens with zero attached hydrogens (tertiary/aromatic N) is 1. The third-order valence-corrected chi connectivity index (χ3v) is 3.19. The first-order valence-corrected chi connectivity index (χ1v) is 6.66. The molecule has 98 valence electrons. The number of thiocarbonyl (C=S) groups is 1. The second-order valence-electron chi connectivity index (χ2n) is 4.69. The average molecular weight is 257 g/mol. The molecule has 1 aliphatic carbocycles. The number of hydrazone groups is 1. The molecule has 0 saturated heterocycles. The molecule has 4 nitrogen and oxygen atoms in total. The number of ether oxygens (including phenoxy) is 1. The number of hydrogen-bond donors (Lipinski definition) is 2. The molecule has 1 rings (SSSR count). The van der Waals surface area contributed by atoms with Crippen molar-refractivity contribution in [2.45, 2.75) is 45.6 Å². The molecular formula is C12H23N3OS. The molecule has 17 heavy (non-hydrogen) atoms. The van der Waals surface area contributed by atoms with Gasteiger partial charge in [-0.15, -0.1) is 0 Å². The largest absolute Gasteiger partial charge is 0.383 e. The van der Waals surface area contributed by atoms with Crippen molar-refractivity contribution in [2.75, 3.05) is 13.7 Å². The van der Waals surface area contributed by atoms with Crippen molar-refractivity contribution >= 4 is 23.0 Å². The molecule has 5 heteroatoms. The van der Waals surface area contributed by atoms with Crippen LogP contribution in [0.3, 0.4) is 0 Å². The molecule has 0 radical (unpaired) electrons. The number of hydrogen-bond acceptors (Lipinski definition) is 3. The molecule has 0 unspecified atom stereocenters. The summed E-state index contributed by atoms with van der Waals surface area (Å²) < 4.78 is 5.03. The number of nitrogens with one attached hydrogen (secondary N) is 2. The van der Waals surface area contributed by atoms with Gasteiger partial charge in [-0.2, -0.15) is 5.10 Å². The minimum atomic E-state index is 0.198. The molecule has 0 aromatic rings. The predicted molar refractivity (Wildman–Crippen MR) is 75.3 cm³/mol. The molecule has 0 spiro atoms. The molecule has 1 aliphatic rings. The van der Waals surface area contributed by atoms with Gasteiger partial charge in [-0.3, -0.25) is 5.43 Å². The quantitative estimate of drug-likeness (QED) is 0.598. The lowest BCUT2D eigenvalue weighted by atomic mass is 9.89. The highest BCUT2D eigenvalue weighted by Gasteiger charge is 2.15. The fraction of sp³-hybridized carbons (Fsp3) is 0.833. The Bertz CT molecular complexity index is 281. The number of methoxy groups -OCH3 is 1. The van der Waals surface area contributed by atoms with Crippen molar-refractivity contribution in [3.63, 3.8) is 0 Å². The van der Waals surface area contributed by atoms with E-state index in [4.69, 9.17) is 17.0 Å². The molecule has 0 heterocycles. The topological polar surface area (TPSA) is 45.6 Å². The van der Waals surface area contributed by atoms with Crippen LogP contribution in [0.15, 0.2) is 5.10 Å². The molecule has 1 saturated carbocycles.